The molecular formula is C14H16N4O2S. The van der Waals surface area contributed by atoms with Gasteiger partial charge >= 0.3 is 0 Å². The quantitative estimate of drug-likeness (QED) is 0.866. The second-order valence-corrected chi connectivity index (χ2v) is 6.01. The van der Waals surface area contributed by atoms with Crippen LogP contribution >= 0.6 is 11.3 Å². The number of hydrogen-bond acceptors (Lipinski definition) is 6. The van der Waals surface area contributed by atoms with Gasteiger partial charge in [0, 0.05) is 24.2 Å². The number of aryl methyl sites for hydroxylation is 1. The van der Waals surface area contributed by atoms with Gasteiger partial charge in [0.05, 0.1) is 11.6 Å². The lowest BCUT2D eigenvalue weighted by atomic mass is 10.1. The number of carbonyl (C=O) groups excluding carboxylic acids is 1. The maximum absolute atomic E-state index is 12.4. The number of ether oxygens (including phenoxy) is 1. The van der Waals surface area contributed by atoms with Crippen LogP contribution in [-0.4, -0.2) is 45.2 Å². The van der Waals surface area contributed by atoms with Gasteiger partial charge in [-0.1, -0.05) is 0 Å². The molecule has 110 valence electrons. The van der Waals surface area contributed by atoms with Crippen LogP contribution in [0.1, 0.15) is 28.3 Å². The topological polar surface area (TPSA) is 68.2 Å². The van der Waals surface area contributed by atoms with E-state index in [1.807, 2.05) is 12.3 Å². The number of piperidine rings is 1. The molecule has 1 aliphatic rings. The summed E-state index contributed by atoms with van der Waals surface area (Å²) < 4.78 is 5.79. The smallest absolute Gasteiger partial charge is 0.273 e. The zero-order chi connectivity index (χ0) is 14.7. The molecule has 0 spiro atoms. The SMILES string of the molecule is Cc1nc(C(=O)N2CCC[C@@H](Oc3cccnn3)C2)cs1. The minimum atomic E-state index is -0.0425. The molecule has 1 amide bonds. The Bertz CT molecular complexity index is 616. The third-order valence-electron chi connectivity index (χ3n) is 3.34. The molecule has 3 heterocycles. The van der Waals surface area contributed by atoms with Gasteiger partial charge in [-0.15, -0.1) is 16.4 Å². The zero-order valence-corrected chi connectivity index (χ0v) is 12.5. The van der Waals surface area contributed by atoms with Crippen molar-refractivity contribution in [2.75, 3.05) is 13.1 Å². The molecule has 0 unspecified atom stereocenters. The van der Waals surface area contributed by atoms with E-state index in [9.17, 15) is 4.79 Å². The first-order valence-electron chi connectivity index (χ1n) is 6.88. The Balaban J connectivity index is 1.64. The first-order valence-corrected chi connectivity index (χ1v) is 7.76. The van der Waals surface area contributed by atoms with Crippen molar-refractivity contribution >= 4 is 17.2 Å². The Morgan fingerprint density at radius 2 is 2.43 bits per heavy atom. The largest absolute Gasteiger partial charge is 0.471 e. The number of amides is 1. The summed E-state index contributed by atoms with van der Waals surface area (Å²) in [6.45, 7) is 3.21. The lowest BCUT2D eigenvalue weighted by Gasteiger charge is -2.32. The average molecular weight is 304 g/mol. The van der Waals surface area contributed by atoms with Crippen LogP contribution in [0.3, 0.4) is 0 Å². The summed E-state index contributed by atoms with van der Waals surface area (Å²) in [5.41, 5.74) is 0.526. The molecule has 2 aromatic heterocycles. The lowest BCUT2D eigenvalue weighted by Crippen LogP contribution is -2.44. The number of hydrogen-bond donors (Lipinski definition) is 0. The summed E-state index contributed by atoms with van der Waals surface area (Å²) in [4.78, 5) is 18.5. The first-order chi connectivity index (χ1) is 10.2. The molecule has 1 fully saturated rings. The van der Waals surface area contributed by atoms with Crippen molar-refractivity contribution in [3.8, 4) is 5.88 Å². The van der Waals surface area contributed by atoms with Gasteiger partial charge in [0.15, 0.2) is 0 Å². The molecule has 6 nitrogen and oxygen atoms in total. The molecule has 0 aromatic carbocycles. The summed E-state index contributed by atoms with van der Waals surface area (Å²) in [7, 11) is 0. The number of aromatic nitrogens is 3. The molecule has 3 rings (SSSR count). The summed E-state index contributed by atoms with van der Waals surface area (Å²) >= 11 is 1.49. The summed E-state index contributed by atoms with van der Waals surface area (Å²) in [6, 6.07) is 3.56. The summed E-state index contributed by atoms with van der Waals surface area (Å²) in [6.07, 6.45) is 3.39. The third-order valence-corrected chi connectivity index (χ3v) is 4.11. The minimum Gasteiger partial charge on any atom is -0.471 e. The van der Waals surface area contributed by atoms with Crippen LogP contribution in [0.2, 0.25) is 0 Å². The van der Waals surface area contributed by atoms with Gasteiger partial charge < -0.3 is 9.64 Å². The van der Waals surface area contributed by atoms with Crippen LogP contribution < -0.4 is 4.74 Å². The molecule has 0 radical (unpaired) electrons. The highest BCUT2D eigenvalue weighted by molar-refractivity contribution is 7.09. The normalized spacial score (nSPS) is 18.5. The first kappa shape index (κ1) is 13.9. The lowest BCUT2D eigenvalue weighted by molar-refractivity contribution is 0.0521. The van der Waals surface area contributed by atoms with E-state index < -0.39 is 0 Å². The minimum absolute atomic E-state index is 0.0215. The fourth-order valence-corrected chi connectivity index (χ4v) is 2.95. The van der Waals surface area contributed by atoms with E-state index in [0.29, 0.717) is 18.1 Å². The Kier molecular flexibility index (Phi) is 4.10. The van der Waals surface area contributed by atoms with Gasteiger partial charge in [0.2, 0.25) is 5.88 Å². The van der Waals surface area contributed by atoms with Crippen molar-refractivity contribution in [2.24, 2.45) is 0 Å². The van der Waals surface area contributed by atoms with Crippen LogP contribution in [0.5, 0.6) is 5.88 Å². The zero-order valence-electron chi connectivity index (χ0n) is 11.7. The molecule has 1 saturated heterocycles. The van der Waals surface area contributed by atoms with Crippen molar-refractivity contribution in [3.63, 3.8) is 0 Å². The summed E-state index contributed by atoms with van der Waals surface area (Å²) in [5.74, 6) is 0.480. The highest BCUT2D eigenvalue weighted by Crippen LogP contribution is 2.18. The fourth-order valence-electron chi connectivity index (χ4n) is 2.36. The molecular weight excluding hydrogens is 288 g/mol. The van der Waals surface area contributed by atoms with Crippen LogP contribution in [0.25, 0.3) is 0 Å². The van der Waals surface area contributed by atoms with E-state index in [2.05, 4.69) is 15.2 Å². The van der Waals surface area contributed by atoms with Crippen molar-refractivity contribution in [3.05, 3.63) is 34.4 Å². The van der Waals surface area contributed by atoms with E-state index in [-0.39, 0.29) is 12.0 Å². The number of nitrogens with zero attached hydrogens (tertiary/aromatic N) is 4. The van der Waals surface area contributed by atoms with Gasteiger partial charge in [-0.3, -0.25) is 4.79 Å². The van der Waals surface area contributed by atoms with Crippen molar-refractivity contribution in [2.45, 2.75) is 25.9 Å². The van der Waals surface area contributed by atoms with E-state index in [4.69, 9.17) is 4.74 Å². The Labute approximate surface area is 126 Å². The monoisotopic (exact) mass is 304 g/mol. The molecule has 0 N–H and O–H groups in total. The Hall–Kier alpha value is -2.02. The number of rotatable bonds is 3. The standard InChI is InChI=1S/C14H16N4O2S/c1-10-16-12(9-21-10)14(19)18-7-3-4-11(8-18)20-13-5-2-6-15-17-13/h2,5-6,9,11H,3-4,7-8H2,1H3/t11-/m1/s1. The predicted octanol–water partition coefficient (Wildman–Crippen LogP) is 1.93. The molecule has 0 saturated carbocycles. The second-order valence-electron chi connectivity index (χ2n) is 4.95. The van der Waals surface area contributed by atoms with Crippen LogP contribution in [0.15, 0.2) is 23.7 Å². The van der Waals surface area contributed by atoms with Gasteiger partial charge in [-0.05, 0) is 25.8 Å². The van der Waals surface area contributed by atoms with Crippen LogP contribution in [-0.2, 0) is 0 Å². The molecule has 1 atom stereocenters. The third kappa shape index (κ3) is 3.36. The Morgan fingerprint density at radius 1 is 1.52 bits per heavy atom. The fraction of sp³-hybridized carbons (Fsp3) is 0.429. The summed E-state index contributed by atoms with van der Waals surface area (Å²) in [5, 5.41) is 10.4. The van der Waals surface area contributed by atoms with Gasteiger partial charge in [-0.25, -0.2) is 4.98 Å². The molecule has 0 aliphatic carbocycles. The van der Waals surface area contributed by atoms with Crippen molar-refractivity contribution in [1.29, 1.82) is 0 Å². The maximum atomic E-state index is 12.4. The molecule has 0 bridgehead atoms. The van der Waals surface area contributed by atoms with Crippen molar-refractivity contribution in [1.82, 2.24) is 20.1 Å². The highest BCUT2D eigenvalue weighted by atomic mass is 32.1. The van der Waals surface area contributed by atoms with E-state index in [1.165, 1.54) is 11.3 Å². The van der Waals surface area contributed by atoms with E-state index in [0.717, 1.165) is 24.4 Å². The molecule has 1 aliphatic heterocycles. The van der Waals surface area contributed by atoms with Gasteiger partial charge in [0.1, 0.15) is 11.8 Å². The van der Waals surface area contributed by atoms with E-state index >= 15 is 0 Å². The second kappa shape index (κ2) is 6.17. The molecule has 2 aromatic rings. The van der Waals surface area contributed by atoms with Crippen molar-refractivity contribution < 1.29 is 9.53 Å². The highest BCUT2D eigenvalue weighted by Gasteiger charge is 2.27. The number of carbonyl (C=O) groups is 1. The average Bonchev–Trinajstić information content (AvgIpc) is 2.94. The molecule has 7 heteroatoms. The van der Waals surface area contributed by atoms with Gasteiger partial charge in [-0.2, -0.15) is 5.10 Å². The number of likely N-dealkylation sites (tertiary alicyclic amines) is 1. The predicted molar refractivity (Wildman–Crippen MR) is 78.4 cm³/mol. The molecule has 21 heavy (non-hydrogen) atoms. The maximum Gasteiger partial charge on any atom is 0.273 e. The van der Waals surface area contributed by atoms with E-state index in [1.54, 1.807) is 23.2 Å². The van der Waals surface area contributed by atoms with Crippen LogP contribution in [0.4, 0.5) is 0 Å². The Morgan fingerprint density at radius 3 is 3.14 bits per heavy atom. The van der Waals surface area contributed by atoms with Gasteiger partial charge in [0.25, 0.3) is 5.91 Å². The van der Waals surface area contributed by atoms with Crippen LogP contribution in [0, 0.1) is 6.92 Å². The number of thiazole rings is 1.